The van der Waals surface area contributed by atoms with Gasteiger partial charge in [0.15, 0.2) is 11.3 Å². The topological polar surface area (TPSA) is 30.2 Å². The highest BCUT2D eigenvalue weighted by atomic mass is 35.5. The van der Waals surface area contributed by atoms with Crippen LogP contribution in [0.2, 0.25) is 5.02 Å². The molecular weight excluding hydrogens is 435 g/mol. The Morgan fingerprint density at radius 3 is 1.91 bits per heavy atom. The summed E-state index contributed by atoms with van der Waals surface area (Å²) in [6, 6.07) is 25.8. The normalized spacial score (nSPS) is 11.8. The van der Waals surface area contributed by atoms with Gasteiger partial charge in [-0.2, -0.15) is 18.3 Å². The highest BCUT2D eigenvalue weighted by molar-refractivity contribution is 6.30. The minimum atomic E-state index is -4.62. The molecule has 0 N–H and O–H groups in total. The van der Waals surface area contributed by atoms with E-state index in [9.17, 15) is 13.2 Å². The fraction of sp³-hybridized carbons (Fsp3) is 0.0400. The Bertz CT molecular complexity index is 1390. The maximum absolute atomic E-state index is 14.1. The van der Waals surface area contributed by atoms with Gasteiger partial charge < -0.3 is 0 Å². The Labute approximate surface area is 186 Å². The van der Waals surface area contributed by atoms with Crippen LogP contribution in [0, 0.1) is 0 Å². The number of hydrogen-bond donors (Lipinski definition) is 0. The molecule has 32 heavy (non-hydrogen) atoms. The number of alkyl halides is 3. The fourth-order valence-corrected chi connectivity index (χ4v) is 3.78. The lowest BCUT2D eigenvalue weighted by Gasteiger charge is -2.11. The van der Waals surface area contributed by atoms with Gasteiger partial charge in [-0.25, -0.2) is 9.50 Å². The standard InChI is InChI=1S/C25H15ClF3N3/c26-19-13-11-17(12-14-19)22-23(18-9-5-2-6-10-18)31-32-21(25(27,28)29)15-20(30-24(22)32)16-7-3-1-4-8-16/h1-15H. The molecule has 3 aromatic carbocycles. The lowest BCUT2D eigenvalue weighted by Crippen LogP contribution is -2.13. The summed E-state index contributed by atoms with van der Waals surface area (Å²) in [5.74, 6) is 0. The molecule has 0 unspecified atom stereocenters. The molecule has 0 aliphatic heterocycles. The van der Waals surface area contributed by atoms with Crippen molar-refractivity contribution in [1.82, 2.24) is 14.6 Å². The monoisotopic (exact) mass is 449 g/mol. The summed E-state index contributed by atoms with van der Waals surface area (Å²) in [5, 5.41) is 4.91. The number of nitrogens with zero attached hydrogens (tertiary/aromatic N) is 3. The maximum Gasteiger partial charge on any atom is 0.433 e. The van der Waals surface area contributed by atoms with Crippen LogP contribution in [0.15, 0.2) is 91.0 Å². The van der Waals surface area contributed by atoms with Crippen LogP contribution in [0.5, 0.6) is 0 Å². The molecule has 5 aromatic rings. The second-order valence-corrected chi connectivity index (χ2v) is 7.66. The lowest BCUT2D eigenvalue weighted by molar-refractivity contribution is -0.142. The van der Waals surface area contributed by atoms with Crippen LogP contribution in [-0.2, 0) is 6.18 Å². The van der Waals surface area contributed by atoms with Crippen molar-refractivity contribution in [3.63, 3.8) is 0 Å². The number of aromatic nitrogens is 3. The predicted molar refractivity (Wildman–Crippen MR) is 119 cm³/mol. The Hall–Kier alpha value is -3.64. The first-order valence-corrected chi connectivity index (χ1v) is 10.2. The smallest absolute Gasteiger partial charge is 0.228 e. The van der Waals surface area contributed by atoms with Gasteiger partial charge in [0.2, 0.25) is 0 Å². The summed E-state index contributed by atoms with van der Waals surface area (Å²) in [6.07, 6.45) is -4.62. The van der Waals surface area contributed by atoms with E-state index in [0.29, 0.717) is 33.0 Å². The van der Waals surface area contributed by atoms with Gasteiger partial charge >= 0.3 is 6.18 Å². The molecular formula is C25H15ClF3N3. The molecule has 0 fully saturated rings. The third kappa shape index (κ3) is 3.63. The van der Waals surface area contributed by atoms with Crippen LogP contribution in [0.4, 0.5) is 13.2 Å². The minimum Gasteiger partial charge on any atom is -0.228 e. The molecule has 0 atom stereocenters. The number of rotatable bonds is 3. The summed E-state index contributed by atoms with van der Waals surface area (Å²) < 4.78 is 43.2. The number of halogens is 4. The summed E-state index contributed by atoms with van der Waals surface area (Å²) in [4.78, 5) is 4.63. The summed E-state index contributed by atoms with van der Waals surface area (Å²) >= 11 is 6.05. The summed E-state index contributed by atoms with van der Waals surface area (Å²) in [5.41, 5.74) is 2.34. The van der Waals surface area contributed by atoms with Crippen LogP contribution in [-0.4, -0.2) is 14.6 Å². The SMILES string of the molecule is FC(F)(F)c1cc(-c2ccccc2)nc2c(-c3ccc(Cl)cc3)c(-c3ccccc3)nn12. The van der Waals surface area contributed by atoms with E-state index in [1.165, 1.54) is 0 Å². The van der Waals surface area contributed by atoms with Crippen molar-refractivity contribution >= 4 is 17.2 Å². The molecule has 0 aliphatic rings. The quantitative estimate of drug-likeness (QED) is 0.287. The van der Waals surface area contributed by atoms with Crippen LogP contribution < -0.4 is 0 Å². The Morgan fingerprint density at radius 2 is 1.31 bits per heavy atom. The van der Waals surface area contributed by atoms with Gasteiger partial charge in [0.05, 0.1) is 11.3 Å². The van der Waals surface area contributed by atoms with Crippen molar-refractivity contribution in [3.8, 4) is 33.6 Å². The molecule has 0 amide bonds. The average Bonchev–Trinajstić information content (AvgIpc) is 3.19. The van der Waals surface area contributed by atoms with E-state index < -0.39 is 11.9 Å². The van der Waals surface area contributed by atoms with Gasteiger partial charge in [-0.05, 0) is 23.8 Å². The van der Waals surface area contributed by atoms with Crippen LogP contribution in [0.3, 0.4) is 0 Å². The Kier molecular flexibility index (Phi) is 4.94. The molecule has 0 radical (unpaired) electrons. The van der Waals surface area contributed by atoms with Crippen molar-refractivity contribution in [1.29, 1.82) is 0 Å². The Balaban J connectivity index is 1.90. The molecule has 7 heteroatoms. The summed E-state index contributed by atoms with van der Waals surface area (Å²) in [6.45, 7) is 0. The molecule has 2 aromatic heterocycles. The third-order valence-corrected chi connectivity index (χ3v) is 5.38. The molecule has 5 rings (SSSR count). The molecule has 0 aliphatic carbocycles. The van der Waals surface area contributed by atoms with Gasteiger partial charge in [0.1, 0.15) is 5.69 Å². The lowest BCUT2D eigenvalue weighted by atomic mass is 10.0. The number of hydrogen-bond acceptors (Lipinski definition) is 2. The van der Waals surface area contributed by atoms with Crippen LogP contribution >= 0.6 is 11.6 Å². The largest absolute Gasteiger partial charge is 0.433 e. The van der Waals surface area contributed by atoms with E-state index in [1.54, 1.807) is 54.6 Å². The molecule has 0 saturated heterocycles. The first kappa shape index (κ1) is 20.3. The molecule has 158 valence electrons. The highest BCUT2D eigenvalue weighted by Crippen LogP contribution is 2.39. The molecule has 0 saturated carbocycles. The molecule has 2 heterocycles. The predicted octanol–water partition coefficient (Wildman–Crippen LogP) is 7.40. The summed E-state index contributed by atoms with van der Waals surface area (Å²) in [7, 11) is 0. The van der Waals surface area contributed by atoms with Crippen molar-refractivity contribution < 1.29 is 13.2 Å². The van der Waals surface area contributed by atoms with Gasteiger partial charge in [-0.15, -0.1) is 0 Å². The molecule has 0 bridgehead atoms. The van der Waals surface area contributed by atoms with Crippen LogP contribution in [0.1, 0.15) is 5.69 Å². The zero-order valence-electron chi connectivity index (χ0n) is 16.5. The number of benzene rings is 3. The van der Waals surface area contributed by atoms with Crippen molar-refractivity contribution in [3.05, 3.63) is 102 Å². The van der Waals surface area contributed by atoms with Crippen molar-refractivity contribution in [2.24, 2.45) is 0 Å². The fourth-order valence-electron chi connectivity index (χ4n) is 3.66. The zero-order valence-corrected chi connectivity index (χ0v) is 17.3. The molecule has 3 nitrogen and oxygen atoms in total. The van der Waals surface area contributed by atoms with E-state index in [-0.39, 0.29) is 11.3 Å². The first-order valence-electron chi connectivity index (χ1n) is 9.79. The van der Waals surface area contributed by atoms with Gasteiger partial charge in [0.25, 0.3) is 0 Å². The maximum atomic E-state index is 14.1. The highest BCUT2D eigenvalue weighted by Gasteiger charge is 2.36. The van der Waals surface area contributed by atoms with E-state index in [2.05, 4.69) is 10.1 Å². The average molecular weight is 450 g/mol. The van der Waals surface area contributed by atoms with E-state index in [0.717, 1.165) is 10.6 Å². The van der Waals surface area contributed by atoms with E-state index in [4.69, 9.17) is 11.6 Å². The minimum absolute atomic E-state index is 0.125. The van der Waals surface area contributed by atoms with Crippen LogP contribution in [0.25, 0.3) is 39.3 Å². The molecule has 0 spiro atoms. The van der Waals surface area contributed by atoms with Crippen molar-refractivity contribution in [2.75, 3.05) is 0 Å². The van der Waals surface area contributed by atoms with E-state index >= 15 is 0 Å². The zero-order chi connectivity index (χ0) is 22.3. The van der Waals surface area contributed by atoms with Gasteiger partial charge in [-0.1, -0.05) is 84.4 Å². The first-order chi connectivity index (χ1) is 15.4. The van der Waals surface area contributed by atoms with Gasteiger partial charge in [-0.3, -0.25) is 0 Å². The second kappa shape index (κ2) is 7.80. The third-order valence-electron chi connectivity index (χ3n) is 5.13. The van der Waals surface area contributed by atoms with Crippen molar-refractivity contribution in [2.45, 2.75) is 6.18 Å². The van der Waals surface area contributed by atoms with E-state index in [1.807, 2.05) is 30.3 Å². The number of fused-ring (bicyclic) bond motifs is 1. The second-order valence-electron chi connectivity index (χ2n) is 7.22. The van der Waals surface area contributed by atoms with Gasteiger partial charge in [0, 0.05) is 16.1 Å². The Morgan fingerprint density at radius 1 is 0.719 bits per heavy atom.